The van der Waals surface area contributed by atoms with Crippen molar-refractivity contribution in [3.8, 4) is 5.75 Å². The standard InChI is InChI=1S/C58H48N2O3/c1-35-17-3-11-27-46(35)59(48-29-15-25-43-39-21-9-13-31-52(39)61-57(43)48)50-33-45-55-41-23-7-5-19-37(41)51(34-54(55)63-56(45)42-24-8-6-20-38(42)50)60(47-28-12-4-18-36(47)2)49-30-16-26-44-40-22-10-14-32-53(40)62-58(44)49/h3-34,39-40,43,45,52-57H,1-2H3. The Morgan fingerprint density at radius 2 is 1.05 bits per heavy atom. The van der Waals surface area contributed by atoms with Gasteiger partial charge in [-0.25, -0.2) is 0 Å². The van der Waals surface area contributed by atoms with Gasteiger partial charge in [-0.05, 0) is 72.5 Å². The van der Waals surface area contributed by atoms with Gasteiger partial charge in [0.05, 0.1) is 35.4 Å². The molecule has 10 unspecified atom stereocenters. The van der Waals surface area contributed by atoms with Crippen LogP contribution in [0.5, 0.6) is 5.75 Å². The van der Waals surface area contributed by atoms with E-state index in [0.29, 0.717) is 5.92 Å². The van der Waals surface area contributed by atoms with Crippen molar-refractivity contribution in [2.45, 2.75) is 56.2 Å². The topological polar surface area (TPSA) is 34.2 Å². The molecule has 63 heavy (non-hydrogen) atoms. The summed E-state index contributed by atoms with van der Waals surface area (Å²) in [4.78, 5) is 4.97. The molecule has 2 saturated heterocycles. The molecule has 3 aliphatic heterocycles. The number of anilines is 3. The third kappa shape index (κ3) is 5.62. The van der Waals surface area contributed by atoms with Gasteiger partial charge in [0.15, 0.2) is 0 Å². The molecule has 13 rings (SSSR count). The van der Waals surface area contributed by atoms with Gasteiger partial charge in [0.25, 0.3) is 0 Å². The second-order valence-electron chi connectivity index (χ2n) is 18.1. The van der Waals surface area contributed by atoms with Crippen molar-refractivity contribution in [1.29, 1.82) is 0 Å². The molecular formula is C58H48N2O3. The van der Waals surface area contributed by atoms with Crippen LogP contribution < -0.4 is 14.5 Å². The summed E-state index contributed by atoms with van der Waals surface area (Å²) in [5.74, 6) is 1.83. The van der Waals surface area contributed by atoms with Crippen LogP contribution >= 0.6 is 0 Å². The molecular weight excluding hydrogens is 773 g/mol. The summed E-state index contributed by atoms with van der Waals surface area (Å²) in [7, 11) is 0. The Morgan fingerprint density at radius 3 is 1.86 bits per heavy atom. The fraction of sp³-hybridized carbons (Fsp3) is 0.207. The largest absolute Gasteiger partial charge is 0.483 e. The fourth-order valence-corrected chi connectivity index (χ4v) is 11.9. The second-order valence-corrected chi connectivity index (χ2v) is 18.1. The van der Waals surface area contributed by atoms with Crippen LogP contribution in [0.1, 0.15) is 56.9 Å². The number of hydrogen-bond acceptors (Lipinski definition) is 5. The first-order valence-corrected chi connectivity index (χ1v) is 22.6. The summed E-state index contributed by atoms with van der Waals surface area (Å²) in [5.41, 5.74) is 15.4. The summed E-state index contributed by atoms with van der Waals surface area (Å²) < 4.78 is 21.3. The molecule has 2 fully saturated rings. The maximum Gasteiger partial charge on any atom is 0.148 e. The van der Waals surface area contributed by atoms with Crippen molar-refractivity contribution in [1.82, 2.24) is 0 Å². The van der Waals surface area contributed by atoms with E-state index < -0.39 is 0 Å². The Bertz CT molecular complexity index is 2960. The molecule has 3 heterocycles. The van der Waals surface area contributed by atoms with Gasteiger partial charge < -0.3 is 24.0 Å². The Kier molecular flexibility index (Phi) is 8.47. The molecule has 5 aromatic rings. The van der Waals surface area contributed by atoms with Crippen molar-refractivity contribution >= 4 is 28.5 Å². The molecule has 10 atom stereocenters. The molecule has 0 bridgehead atoms. The maximum atomic E-state index is 7.46. The molecule has 0 N–H and O–H groups in total. The summed E-state index contributed by atoms with van der Waals surface area (Å²) in [6, 6.07) is 42.1. The van der Waals surface area contributed by atoms with E-state index in [0.717, 1.165) is 22.8 Å². The average Bonchev–Trinajstić information content (AvgIpc) is 4.03. The smallest absolute Gasteiger partial charge is 0.148 e. The van der Waals surface area contributed by atoms with E-state index in [1.54, 1.807) is 0 Å². The number of aryl methyl sites for hydroxylation is 2. The molecule has 5 aliphatic carbocycles. The van der Waals surface area contributed by atoms with E-state index in [2.05, 4.69) is 218 Å². The number of benzene rings is 5. The van der Waals surface area contributed by atoms with Gasteiger partial charge in [0, 0.05) is 63.4 Å². The van der Waals surface area contributed by atoms with Crippen molar-refractivity contribution in [3.05, 3.63) is 239 Å². The lowest BCUT2D eigenvalue weighted by Crippen LogP contribution is -2.36. The molecule has 5 nitrogen and oxygen atoms in total. The lowest BCUT2D eigenvalue weighted by Gasteiger charge is -2.40. The Hall–Kier alpha value is -6.66. The van der Waals surface area contributed by atoms with E-state index in [1.165, 1.54) is 56.0 Å². The lowest BCUT2D eigenvalue weighted by molar-refractivity contribution is 0.0596. The van der Waals surface area contributed by atoms with E-state index in [1.807, 2.05) is 0 Å². The zero-order chi connectivity index (χ0) is 41.8. The highest BCUT2D eigenvalue weighted by Crippen LogP contribution is 2.59. The summed E-state index contributed by atoms with van der Waals surface area (Å²) in [6.45, 7) is 4.43. The van der Waals surface area contributed by atoms with Crippen LogP contribution in [0, 0.1) is 31.6 Å². The highest BCUT2D eigenvalue weighted by atomic mass is 16.5. The fourth-order valence-electron chi connectivity index (χ4n) is 11.9. The lowest BCUT2D eigenvalue weighted by atomic mass is 9.72. The van der Waals surface area contributed by atoms with Crippen LogP contribution in [-0.2, 0) is 9.47 Å². The van der Waals surface area contributed by atoms with E-state index in [9.17, 15) is 0 Å². The van der Waals surface area contributed by atoms with Crippen LogP contribution in [0.2, 0.25) is 0 Å². The van der Waals surface area contributed by atoms with Gasteiger partial charge in [-0.15, -0.1) is 0 Å². The quantitative estimate of drug-likeness (QED) is 0.170. The zero-order valence-corrected chi connectivity index (χ0v) is 35.4. The van der Waals surface area contributed by atoms with Gasteiger partial charge in [0.2, 0.25) is 0 Å². The average molecular weight is 821 g/mol. The van der Waals surface area contributed by atoms with Crippen LogP contribution in [0.3, 0.4) is 0 Å². The van der Waals surface area contributed by atoms with Crippen molar-refractivity contribution in [3.63, 3.8) is 0 Å². The first-order chi connectivity index (χ1) is 31.1. The highest BCUT2D eigenvalue weighted by molar-refractivity contribution is 5.94. The third-order valence-electron chi connectivity index (χ3n) is 14.8. The number of rotatable bonds is 6. The minimum absolute atomic E-state index is 0.0206. The Morgan fingerprint density at radius 1 is 0.444 bits per heavy atom. The third-order valence-corrected chi connectivity index (χ3v) is 14.8. The number of fused-ring (bicyclic) bond motifs is 13. The Labute approximate surface area is 369 Å². The van der Waals surface area contributed by atoms with Crippen molar-refractivity contribution < 1.29 is 14.2 Å². The van der Waals surface area contributed by atoms with Gasteiger partial charge >= 0.3 is 0 Å². The minimum atomic E-state index is -0.181. The molecule has 5 aromatic carbocycles. The number of para-hydroxylation sites is 3. The molecule has 0 saturated carbocycles. The summed E-state index contributed by atoms with van der Waals surface area (Å²) >= 11 is 0. The normalized spacial score (nSPS) is 29.4. The van der Waals surface area contributed by atoms with Crippen LogP contribution in [-0.4, -0.2) is 24.4 Å². The predicted molar refractivity (Wildman–Crippen MR) is 253 cm³/mol. The van der Waals surface area contributed by atoms with Crippen LogP contribution in [0.25, 0.3) is 11.4 Å². The number of allylic oxidation sites excluding steroid dienone is 6. The van der Waals surface area contributed by atoms with E-state index in [-0.39, 0.29) is 54.2 Å². The molecule has 0 spiro atoms. The number of nitrogens with zero attached hydrogens (tertiary/aromatic N) is 2. The minimum Gasteiger partial charge on any atom is -0.483 e. The van der Waals surface area contributed by atoms with Gasteiger partial charge in [-0.2, -0.15) is 0 Å². The van der Waals surface area contributed by atoms with Gasteiger partial charge in [-0.3, -0.25) is 0 Å². The first-order valence-electron chi connectivity index (χ1n) is 22.6. The van der Waals surface area contributed by atoms with Crippen molar-refractivity contribution in [2.75, 3.05) is 9.80 Å². The Balaban J connectivity index is 0.971. The van der Waals surface area contributed by atoms with Gasteiger partial charge in [0.1, 0.15) is 18.0 Å². The number of hydrogen-bond donors (Lipinski definition) is 0. The van der Waals surface area contributed by atoms with E-state index >= 15 is 0 Å². The van der Waals surface area contributed by atoms with Gasteiger partial charge in [-0.1, -0.05) is 158 Å². The molecule has 0 amide bonds. The maximum absolute atomic E-state index is 7.46. The molecule has 5 heteroatoms. The predicted octanol–water partition coefficient (Wildman–Crippen LogP) is 12.7. The SMILES string of the molecule is Cc1ccccc1N(C1=CC2C(OC3C=C(N(c4ccccc4C)c4cccc5c4OC4C=CC=CC54)c4ccccc4C32)c2ccccc21)C1=CC=CC2C1OC1C=CC=CC12. The zero-order valence-electron chi connectivity index (χ0n) is 35.4. The summed E-state index contributed by atoms with van der Waals surface area (Å²) in [5, 5.41) is 0. The highest BCUT2D eigenvalue weighted by Gasteiger charge is 2.52. The second kappa shape index (κ2) is 14.5. The molecule has 0 radical (unpaired) electrons. The van der Waals surface area contributed by atoms with Crippen LogP contribution in [0.15, 0.2) is 200 Å². The van der Waals surface area contributed by atoms with E-state index in [4.69, 9.17) is 14.2 Å². The molecule has 308 valence electrons. The summed E-state index contributed by atoms with van der Waals surface area (Å²) in [6.07, 6.45) is 29.1. The monoisotopic (exact) mass is 820 g/mol. The molecule has 8 aliphatic rings. The van der Waals surface area contributed by atoms with Crippen molar-refractivity contribution in [2.24, 2.45) is 17.8 Å². The molecule has 0 aromatic heterocycles. The van der Waals surface area contributed by atoms with Crippen LogP contribution in [0.4, 0.5) is 17.1 Å². The first kappa shape index (κ1) is 36.9. The number of ether oxygens (including phenoxy) is 3.